The lowest BCUT2D eigenvalue weighted by Crippen LogP contribution is -2.51. The number of hydrogen-bond donors (Lipinski definition) is 0. The first-order valence-electron chi connectivity index (χ1n) is 8.40. The van der Waals surface area contributed by atoms with E-state index in [-0.39, 0.29) is 59.4 Å². The van der Waals surface area contributed by atoms with Gasteiger partial charge in [-0.25, -0.2) is 12.8 Å². The second-order valence-corrected chi connectivity index (χ2v) is 8.74. The highest BCUT2D eigenvalue weighted by atomic mass is 35.5. The van der Waals surface area contributed by atoms with Gasteiger partial charge in [0.05, 0.1) is 10.0 Å². The van der Waals surface area contributed by atoms with Crippen molar-refractivity contribution in [2.45, 2.75) is 4.90 Å². The average molecular weight is 447 g/mol. The highest BCUT2D eigenvalue weighted by Gasteiger charge is 2.33. The van der Waals surface area contributed by atoms with Crippen LogP contribution in [-0.2, 0) is 14.8 Å². The number of amides is 1. The Bertz CT molecular complexity index is 959. The maximum atomic E-state index is 13.5. The Morgan fingerprint density at radius 3 is 2.21 bits per heavy atom. The van der Waals surface area contributed by atoms with E-state index in [0.29, 0.717) is 0 Å². The normalized spacial score (nSPS) is 15.5. The topological polar surface area (TPSA) is 66.9 Å². The Hall–Kier alpha value is -1.87. The van der Waals surface area contributed by atoms with Crippen molar-refractivity contribution in [1.29, 1.82) is 0 Å². The number of para-hydroxylation sites is 1. The molecule has 1 aliphatic heterocycles. The molecule has 2 aromatic rings. The quantitative estimate of drug-likeness (QED) is 0.707. The number of ether oxygens (including phenoxy) is 1. The van der Waals surface area contributed by atoms with Gasteiger partial charge in [0.1, 0.15) is 4.90 Å². The SMILES string of the molecule is O=C(COc1ccccc1F)N1CCN(S(=O)(=O)c2c(Cl)cccc2Cl)CC1. The van der Waals surface area contributed by atoms with Crippen LogP contribution in [0, 0.1) is 5.82 Å². The summed E-state index contributed by atoms with van der Waals surface area (Å²) in [5.74, 6) is -0.913. The first-order chi connectivity index (χ1) is 13.3. The molecular formula is C18H17Cl2FN2O4S. The molecule has 6 nitrogen and oxygen atoms in total. The predicted molar refractivity (Wildman–Crippen MR) is 104 cm³/mol. The number of sulfonamides is 1. The minimum Gasteiger partial charge on any atom is -0.481 e. The standard InChI is InChI=1S/C18H17Cl2FN2O4S/c19-13-4-3-5-14(20)18(13)28(25,26)23-10-8-22(9-11-23)17(24)12-27-16-7-2-1-6-15(16)21/h1-7H,8-12H2. The van der Waals surface area contributed by atoms with Gasteiger partial charge in [-0.1, -0.05) is 41.4 Å². The summed E-state index contributed by atoms with van der Waals surface area (Å²) in [5, 5.41) is 0.0913. The average Bonchev–Trinajstić information content (AvgIpc) is 2.67. The molecule has 10 heteroatoms. The molecule has 0 radical (unpaired) electrons. The molecule has 0 spiro atoms. The third-order valence-electron chi connectivity index (χ3n) is 4.30. The van der Waals surface area contributed by atoms with Crippen LogP contribution in [0.3, 0.4) is 0 Å². The summed E-state index contributed by atoms with van der Waals surface area (Å²) in [6, 6.07) is 10.3. The number of nitrogens with zero attached hydrogens (tertiary/aromatic N) is 2. The summed E-state index contributed by atoms with van der Waals surface area (Å²) in [5.41, 5.74) is 0. The van der Waals surface area contributed by atoms with Gasteiger partial charge in [-0.2, -0.15) is 4.31 Å². The Morgan fingerprint density at radius 2 is 1.61 bits per heavy atom. The van der Waals surface area contributed by atoms with Gasteiger partial charge in [0.15, 0.2) is 18.2 Å². The molecule has 0 bridgehead atoms. The fraction of sp³-hybridized carbons (Fsp3) is 0.278. The Kier molecular flexibility index (Phi) is 6.44. The lowest BCUT2D eigenvalue weighted by molar-refractivity contribution is -0.134. The first kappa shape index (κ1) is 20.9. The van der Waals surface area contributed by atoms with Crippen LogP contribution in [0.2, 0.25) is 10.0 Å². The van der Waals surface area contributed by atoms with Gasteiger partial charge < -0.3 is 9.64 Å². The zero-order valence-corrected chi connectivity index (χ0v) is 17.0. The molecule has 0 aliphatic carbocycles. The van der Waals surface area contributed by atoms with Crippen molar-refractivity contribution in [3.63, 3.8) is 0 Å². The summed E-state index contributed by atoms with van der Waals surface area (Å²) >= 11 is 12.0. The number of carbonyl (C=O) groups excluding carboxylic acids is 1. The Morgan fingerprint density at radius 1 is 1.00 bits per heavy atom. The van der Waals surface area contributed by atoms with Crippen LogP contribution < -0.4 is 4.74 Å². The van der Waals surface area contributed by atoms with Crippen molar-refractivity contribution in [3.8, 4) is 5.75 Å². The van der Waals surface area contributed by atoms with Crippen LogP contribution in [0.4, 0.5) is 4.39 Å². The van der Waals surface area contributed by atoms with Crippen LogP contribution in [0.5, 0.6) is 5.75 Å². The summed E-state index contributed by atoms with van der Waals surface area (Å²) in [4.78, 5) is 13.6. The molecule has 1 heterocycles. The predicted octanol–water partition coefficient (Wildman–Crippen LogP) is 3.04. The van der Waals surface area contributed by atoms with Crippen LogP contribution in [-0.4, -0.2) is 56.3 Å². The second kappa shape index (κ2) is 8.65. The van der Waals surface area contributed by atoms with E-state index < -0.39 is 15.8 Å². The number of halogens is 3. The third-order valence-corrected chi connectivity index (χ3v) is 7.15. The van der Waals surface area contributed by atoms with Gasteiger partial charge in [0.25, 0.3) is 5.91 Å². The summed E-state index contributed by atoms with van der Waals surface area (Å²) < 4.78 is 45.7. The van der Waals surface area contributed by atoms with Crippen LogP contribution in [0.25, 0.3) is 0 Å². The van der Waals surface area contributed by atoms with Gasteiger partial charge in [0.2, 0.25) is 10.0 Å². The molecule has 1 amide bonds. The highest BCUT2D eigenvalue weighted by Crippen LogP contribution is 2.31. The monoisotopic (exact) mass is 446 g/mol. The van der Waals surface area contributed by atoms with E-state index in [1.54, 1.807) is 12.1 Å². The third kappa shape index (κ3) is 4.41. The molecule has 150 valence electrons. The summed E-state index contributed by atoms with van der Waals surface area (Å²) in [7, 11) is -3.88. The number of hydrogen-bond acceptors (Lipinski definition) is 4. The zero-order valence-electron chi connectivity index (χ0n) is 14.6. The Balaban J connectivity index is 1.61. The molecule has 1 fully saturated rings. The van der Waals surface area contributed by atoms with Crippen molar-refractivity contribution in [2.24, 2.45) is 0 Å². The van der Waals surface area contributed by atoms with Crippen molar-refractivity contribution < 1.29 is 22.3 Å². The molecule has 3 rings (SSSR count). The van der Waals surface area contributed by atoms with Gasteiger partial charge in [0, 0.05) is 26.2 Å². The largest absolute Gasteiger partial charge is 0.481 e. The molecule has 1 saturated heterocycles. The van der Waals surface area contributed by atoms with Crippen molar-refractivity contribution >= 4 is 39.1 Å². The lowest BCUT2D eigenvalue weighted by Gasteiger charge is -2.34. The summed E-state index contributed by atoms with van der Waals surface area (Å²) in [6.07, 6.45) is 0. The fourth-order valence-electron chi connectivity index (χ4n) is 2.83. The van der Waals surface area contributed by atoms with E-state index in [1.807, 2.05) is 0 Å². The minimum atomic E-state index is -3.88. The maximum Gasteiger partial charge on any atom is 0.260 e. The van der Waals surface area contributed by atoms with E-state index in [4.69, 9.17) is 27.9 Å². The number of piperazine rings is 1. The van der Waals surface area contributed by atoms with Crippen molar-refractivity contribution in [1.82, 2.24) is 9.21 Å². The van der Waals surface area contributed by atoms with Crippen LogP contribution in [0.15, 0.2) is 47.4 Å². The molecule has 0 N–H and O–H groups in total. The molecular weight excluding hydrogens is 430 g/mol. The van der Waals surface area contributed by atoms with E-state index in [1.165, 1.54) is 39.5 Å². The Labute approximate surface area is 172 Å². The molecule has 0 aromatic heterocycles. The molecule has 2 aromatic carbocycles. The molecule has 0 unspecified atom stereocenters. The van der Waals surface area contributed by atoms with Crippen LogP contribution in [0.1, 0.15) is 0 Å². The second-order valence-electron chi connectivity index (χ2n) is 6.05. The van der Waals surface area contributed by atoms with E-state index >= 15 is 0 Å². The first-order valence-corrected chi connectivity index (χ1v) is 10.6. The van der Waals surface area contributed by atoms with Crippen LogP contribution >= 0.6 is 23.2 Å². The van der Waals surface area contributed by atoms with Gasteiger partial charge in [-0.15, -0.1) is 0 Å². The molecule has 28 heavy (non-hydrogen) atoms. The number of rotatable bonds is 5. The van der Waals surface area contributed by atoms with Gasteiger partial charge >= 0.3 is 0 Å². The molecule has 1 aliphatic rings. The fourth-order valence-corrected chi connectivity index (χ4v) is 5.34. The zero-order chi connectivity index (χ0) is 20.3. The lowest BCUT2D eigenvalue weighted by atomic mass is 10.3. The van der Waals surface area contributed by atoms with E-state index in [2.05, 4.69) is 0 Å². The van der Waals surface area contributed by atoms with Gasteiger partial charge in [-0.3, -0.25) is 4.79 Å². The summed E-state index contributed by atoms with van der Waals surface area (Å²) in [6.45, 7) is 0.218. The minimum absolute atomic E-state index is 0.00887. The molecule has 0 atom stereocenters. The van der Waals surface area contributed by atoms with E-state index in [9.17, 15) is 17.6 Å². The maximum absolute atomic E-state index is 13.5. The van der Waals surface area contributed by atoms with Crippen molar-refractivity contribution in [3.05, 3.63) is 58.3 Å². The van der Waals surface area contributed by atoms with E-state index in [0.717, 1.165) is 0 Å². The number of carbonyl (C=O) groups is 1. The number of benzene rings is 2. The highest BCUT2D eigenvalue weighted by molar-refractivity contribution is 7.89. The van der Waals surface area contributed by atoms with Crippen molar-refractivity contribution in [2.75, 3.05) is 32.8 Å². The van der Waals surface area contributed by atoms with Gasteiger partial charge in [-0.05, 0) is 24.3 Å². The molecule has 0 saturated carbocycles. The smallest absolute Gasteiger partial charge is 0.260 e.